The van der Waals surface area contributed by atoms with Crippen molar-refractivity contribution >= 4 is 11.9 Å². The molecule has 0 aliphatic carbocycles. The van der Waals surface area contributed by atoms with Crippen LogP contribution < -0.4 is 10.6 Å². The van der Waals surface area contributed by atoms with Crippen LogP contribution in [0, 0.1) is 0 Å². The molecule has 0 bridgehead atoms. The number of aliphatic imine (C=N–C) groups is 1. The number of nitrogens with zero attached hydrogens (tertiary/aromatic N) is 4. The average molecular weight is 368 g/mol. The van der Waals surface area contributed by atoms with E-state index in [0.29, 0.717) is 12.5 Å². The molecule has 1 aliphatic rings. The first-order valence-corrected chi connectivity index (χ1v) is 9.40. The molecular formula is C20H28N6O. The smallest absolute Gasteiger partial charge is 0.239 e. The Morgan fingerprint density at radius 1 is 1.30 bits per heavy atom. The monoisotopic (exact) mass is 368 g/mol. The summed E-state index contributed by atoms with van der Waals surface area (Å²) in [5, 5.41) is 10.4. The molecule has 1 fully saturated rings. The molecular weight excluding hydrogens is 340 g/mol. The van der Waals surface area contributed by atoms with Gasteiger partial charge < -0.3 is 15.5 Å². The molecule has 144 valence electrons. The van der Waals surface area contributed by atoms with Gasteiger partial charge in [-0.2, -0.15) is 5.10 Å². The van der Waals surface area contributed by atoms with Gasteiger partial charge in [-0.1, -0.05) is 30.3 Å². The number of hydrogen-bond donors (Lipinski definition) is 2. The first kappa shape index (κ1) is 18.9. The van der Waals surface area contributed by atoms with Gasteiger partial charge in [0.25, 0.3) is 0 Å². The molecule has 0 saturated carbocycles. The van der Waals surface area contributed by atoms with Gasteiger partial charge in [-0.25, -0.2) is 0 Å². The van der Waals surface area contributed by atoms with Crippen LogP contribution >= 0.6 is 0 Å². The second-order valence-electron chi connectivity index (χ2n) is 6.87. The van der Waals surface area contributed by atoms with Crippen molar-refractivity contribution in [3.63, 3.8) is 0 Å². The van der Waals surface area contributed by atoms with Crippen LogP contribution in [0.15, 0.2) is 47.7 Å². The molecule has 0 spiro atoms. The first-order chi connectivity index (χ1) is 13.2. The Labute approximate surface area is 160 Å². The lowest BCUT2D eigenvalue weighted by atomic mass is 10.0. The lowest BCUT2D eigenvalue weighted by molar-refractivity contribution is -0.120. The predicted molar refractivity (Wildman–Crippen MR) is 107 cm³/mol. The molecule has 1 aromatic carbocycles. The summed E-state index contributed by atoms with van der Waals surface area (Å²) < 4.78 is 1.84. The molecule has 1 aromatic heterocycles. The van der Waals surface area contributed by atoms with Gasteiger partial charge in [-0.3, -0.25) is 14.5 Å². The molecule has 1 aliphatic heterocycles. The zero-order valence-corrected chi connectivity index (χ0v) is 16.1. The Balaban J connectivity index is 1.40. The van der Waals surface area contributed by atoms with E-state index in [1.807, 2.05) is 36.1 Å². The lowest BCUT2D eigenvalue weighted by Gasteiger charge is -2.21. The van der Waals surface area contributed by atoms with E-state index in [1.165, 1.54) is 11.1 Å². The van der Waals surface area contributed by atoms with Gasteiger partial charge in [0.1, 0.15) is 0 Å². The number of likely N-dealkylation sites (tertiary alicyclic amines) is 1. The van der Waals surface area contributed by atoms with Gasteiger partial charge >= 0.3 is 0 Å². The van der Waals surface area contributed by atoms with E-state index in [0.717, 1.165) is 31.9 Å². The second-order valence-corrected chi connectivity index (χ2v) is 6.87. The van der Waals surface area contributed by atoms with Crippen LogP contribution in [0.1, 0.15) is 23.5 Å². The molecule has 1 amide bonds. The number of rotatable bonds is 6. The van der Waals surface area contributed by atoms with Crippen molar-refractivity contribution in [1.29, 1.82) is 0 Å². The number of aryl methyl sites for hydroxylation is 1. The molecule has 27 heavy (non-hydrogen) atoms. The van der Waals surface area contributed by atoms with Crippen LogP contribution in [0.2, 0.25) is 0 Å². The van der Waals surface area contributed by atoms with Gasteiger partial charge in [0.15, 0.2) is 5.96 Å². The number of amides is 1. The molecule has 2 N–H and O–H groups in total. The van der Waals surface area contributed by atoms with Crippen molar-refractivity contribution in [3.8, 4) is 0 Å². The summed E-state index contributed by atoms with van der Waals surface area (Å²) in [7, 11) is 3.69. The Morgan fingerprint density at radius 3 is 2.81 bits per heavy atom. The minimum Gasteiger partial charge on any atom is -0.354 e. The summed E-state index contributed by atoms with van der Waals surface area (Å²) in [5.41, 5.74) is 2.48. The van der Waals surface area contributed by atoms with Crippen molar-refractivity contribution in [3.05, 3.63) is 53.9 Å². The Bertz CT molecular complexity index is 770. The van der Waals surface area contributed by atoms with Gasteiger partial charge in [0.2, 0.25) is 5.91 Å². The van der Waals surface area contributed by atoms with Crippen molar-refractivity contribution in [2.45, 2.75) is 18.8 Å². The van der Waals surface area contributed by atoms with E-state index < -0.39 is 0 Å². The largest absolute Gasteiger partial charge is 0.354 e. The Kier molecular flexibility index (Phi) is 6.46. The second kappa shape index (κ2) is 9.21. The van der Waals surface area contributed by atoms with E-state index in [-0.39, 0.29) is 12.5 Å². The number of benzene rings is 1. The third-order valence-corrected chi connectivity index (χ3v) is 4.88. The molecule has 3 rings (SSSR count). The van der Waals surface area contributed by atoms with Crippen LogP contribution in [0.4, 0.5) is 0 Å². The third kappa shape index (κ3) is 5.32. The fourth-order valence-corrected chi connectivity index (χ4v) is 3.42. The van der Waals surface area contributed by atoms with Gasteiger partial charge in [0, 0.05) is 45.8 Å². The van der Waals surface area contributed by atoms with E-state index in [4.69, 9.17) is 0 Å². The van der Waals surface area contributed by atoms with Crippen LogP contribution in [0.25, 0.3) is 0 Å². The van der Waals surface area contributed by atoms with Crippen molar-refractivity contribution < 1.29 is 4.79 Å². The van der Waals surface area contributed by atoms with Crippen LogP contribution in [-0.2, 0) is 18.3 Å². The van der Waals surface area contributed by atoms with Crippen molar-refractivity contribution in [2.75, 3.05) is 33.2 Å². The number of carbonyl (C=O) groups is 1. The van der Waals surface area contributed by atoms with Crippen LogP contribution in [0.3, 0.4) is 0 Å². The van der Waals surface area contributed by atoms with E-state index in [2.05, 4.69) is 44.0 Å². The van der Waals surface area contributed by atoms with Crippen LogP contribution in [-0.4, -0.2) is 59.8 Å². The molecule has 1 unspecified atom stereocenters. The SMILES string of the molecule is CN=C(NCC(=O)NCCc1ccccc1)N1CCC(c2cnn(C)c2)C1. The fraction of sp³-hybridized carbons (Fsp3) is 0.450. The van der Waals surface area contributed by atoms with E-state index >= 15 is 0 Å². The van der Waals surface area contributed by atoms with E-state index in [1.54, 1.807) is 7.05 Å². The van der Waals surface area contributed by atoms with Gasteiger partial charge in [0.05, 0.1) is 12.7 Å². The third-order valence-electron chi connectivity index (χ3n) is 4.88. The highest BCUT2D eigenvalue weighted by Gasteiger charge is 2.27. The maximum absolute atomic E-state index is 12.1. The quantitative estimate of drug-likeness (QED) is 0.592. The molecule has 0 radical (unpaired) electrons. The predicted octanol–water partition coefficient (Wildman–Crippen LogP) is 1.14. The highest BCUT2D eigenvalue weighted by Crippen LogP contribution is 2.26. The lowest BCUT2D eigenvalue weighted by Crippen LogP contribution is -2.44. The number of guanidine groups is 1. The summed E-state index contributed by atoms with van der Waals surface area (Å²) in [6, 6.07) is 10.2. The van der Waals surface area contributed by atoms with E-state index in [9.17, 15) is 4.79 Å². The fourth-order valence-electron chi connectivity index (χ4n) is 3.42. The zero-order valence-electron chi connectivity index (χ0n) is 16.1. The van der Waals surface area contributed by atoms with Crippen molar-refractivity contribution in [2.24, 2.45) is 12.0 Å². The van der Waals surface area contributed by atoms with Crippen LogP contribution in [0.5, 0.6) is 0 Å². The summed E-state index contributed by atoms with van der Waals surface area (Å²) in [5.74, 6) is 1.21. The molecule has 1 atom stereocenters. The summed E-state index contributed by atoms with van der Waals surface area (Å²) in [4.78, 5) is 18.6. The number of hydrogen-bond acceptors (Lipinski definition) is 3. The van der Waals surface area contributed by atoms with Gasteiger partial charge in [-0.15, -0.1) is 0 Å². The Morgan fingerprint density at radius 2 is 2.11 bits per heavy atom. The molecule has 2 heterocycles. The molecule has 7 nitrogen and oxygen atoms in total. The number of aromatic nitrogens is 2. The normalized spacial score (nSPS) is 17.2. The summed E-state index contributed by atoms with van der Waals surface area (Å²) in [6.07, 6.45) is 5.91. The standard InChI is InChI=1S/C20H28N6O/c1-21-20(26-11-9-17(15-26)18-12-24-25(2)14-18)23-13-19(27)22-10-8-16-6-4-3-5-7-16/h3-7,12,14,17H,8-11,13,15H2,1-2H3,(H,21,23)(H,22,27). The molecule has 2 aromatic rings. The maximum Gasteiger partial charge on any atom is 0.239 e. The number of carbonyl (C=O) groups excluding carboxylic acids is 1. The minimum atomic E-state index is -0.0184. The highest BCUT2D eigenvalue weighted by molar-refractivity contribution is 5.86. The first-order valence-electron chi connectivity index (χ1n) is 9.40. The maximum atomic E-state index is 12.1. The highest BCUT2D eigenvalue weighted by atomic mass is 16.1. The molecule has 1 saturated heterocycles. The Hall–Kier alpha value is -2.83. The van der Waals surface area contributed by atoms with Gasteiger partial charge in [-0.05, 0) is 24.0 Å². The minimum absolute atomic E-state index is 0.0184. The summed E-state index contributed by atoms with van der Waals surface area (Å²) >= 11 is 0. The van der Waals surface area contributed by atoms with Crippen molar-refractivity contribution in [1.82, 2.24) is 25.3 Å². The zero-order chi connectivity index (χ0) is 19.1. The molecule has 7 heteroatoms. The number of nitrogens with one attached hydrogen (secondary N) is 2. The summed E-state index contributed by atoms with van der Waals surface area (Å²) in [6.45, 7) is 2.68. The average Bonchev–Trinajstić information content (AvgIpc) is 3.32. The topological polar surface area (TPSA) is 74.6 Å².